The Morgan fingerprint density at radius 2 is 2.13 bits per heavy atom. The summed E-state index contributed by atoms with van der Waals surface area (Å²) in [6, 6.07) is 4.75. The van der Waals surface area contributed by atoms with E-state index >= 15 is 0 Å². The molecule has 76 valence electrons. The smallest absolute Gasteiger partial charge is 0.166 e. The van der Waals surface area contributed by atoms with Crippen molar-refractivity contribution in [3.05, 3.63) is 46.2 Å². The normalized spacial score (nSPS) is 10.0. The van der Waals surface area contributed by atoms with Crippen molar-refractivity contribution in [2.45, 2.75) is 0 Å². The van der Waals surface area contributed by atoms with Gasteiger partial charge in [-0.1, -0.05) is 0 Å². The van der Waals surface area contributed by atoms with Crippen molar-refractivity contribution in [1.82, 2.24) is 9.97 Å². The second-order valence-corrected chi connectivity index (χ2v) is 3.98. The van der Waals surface area contributed by atoms with Crippen molar-refractivity contribution in [1.29, 1.82) is 0 Å². The molecule has 0 spiro atoms. The number of aromatic nitrogens is 2. The molecule has 1 N–H and O–H groups in total. The van der Waals surface area contributed by atoms with Gasteiger partial charge in [-0.2, -0.15) is 0 Å². The number of anilines is 2. The third-order valence-corrected chi connectivity index (χ3v) is 2.72. The molecule has 15 heavy (non-hydrogen) atoms. The topological polar surface area (TPSA) is 37.8 Å². The summed E-state index contributed by atoms with van der Waals surface area (Å²) in [5.41, 5.74) is 0.746. The molecular weight excluding hydrogens is 308 g/mol. The molecule has 0 atom stereocenters. The van der Waals surface area contributed by atoms with Crippen LogP contribution in [0.3, 0.4) is 0 Å². The quantitative estimate of drug-likeness (QED) is 0.866. The maximum atomic E-state index is 13.3. The minimum Gasteiger partial charge on any atom is -0.336 e. The molecule has 0 aliphatic heterocycles. The highest BCUT2D eigenvalue weighted by atomic mass is 127. The Labute approximate surface area is 99.9 Å². The number of rotatable bonds is 2. The lowest BCUT2D eigenvalue weighted by atomic mass is 10.4. The van der Waals surface area contributed by atoms with Crippen LogP contribution in [0.25, 0.3) is 0 Å². The predicted molar refractivity (Wildman–Crippen MR) is 64.4 cm³/mol. The van der Waals surface area contributed by atoms with Gasteiger partial charge in [0.25, 0.3) is 0 Å². The van der Waals surface area contributed by atoms with E-state index in [-0.39, 0.29) is 11.6 Å². The molecule has 2 rings (SSSR count). The van der Waals surface area contributed by atoms with E-state index in [0.717, 1.165) is 9.26 Å². The van der Waals surface area contributed by atoms with Gasteiger partial charge in [-0.25, -0.2) is 9.37 Å². The Morgan fingerprint density at radius 1 is 1.27 bits per heavy atom. The molecule has 5 heteroatoms. The summed E-state index contributed by atoms with van der Waals surface area (Å²) in [4.78, 5) is 7.85. The zero-order chi connectivity index (χ0) is 10.7. The van der Waals surface area contributed by atoms with E-state index in [1.165, 1.54) is 12.3 Å². The molecule has 2 aromatic heterocycles. The summed E-state index contributed by atoms with van der Waals surface area (Å²) in [5.74, 6) is -0.166. The molecule has 0 fully saturated rings. The Kier molecular flexibility index (Phi) is 3.10. The average molecular weight is 315 g/mol. The maximum absolute atomic E-state index is 13.3. The number of nitrogens with zero attached hydrogens (tertiary/aromatic N) is 2. The summed E-state index contributed by atoms with van der Waals surface area (Å²) in [6.45, 7) is 0. The van der Waals surface area contributed by atoms with E-state index in [1.807, 2.05) is 6.07 Å². The van der Waals surface area contributed by atoms with Crippen LogP contribution in [0.15, 0.2) is 36.8 Å². The van der Waals surface area contributed by atoms with Gasteiger partial charge in [-0.15, -0.1) is 0 Å². The number of halogens is 2. The highest BCUT2D eigenvalue weighted by Crippen LogP contribution is 2.21. The van der Waals surface area contributed by atoms with E-state index in [9.17, 15) is 4.39 Å². The lowest BCUT2D eigenvalue weighted by Gasteiger charge is -2.06. The van der Waals surface area contributed by atoms with E-state index in [4.69, 9.17) is 0 Å². The van der Waals surface area contributed by atoms with Gasteiger partial charge in [-0.05, 0) is 40.8 Å². The highest BCUT2D eigenvalue weighted by molar-refractivity contribution is 14.1. The van der Waals surface area contributed by atoms with E-state index in [1.54, 1.807) is 18.5 Å². The van der Waals surface area contributed by atoms with Gasteiger partial charge in [0.05, 0.1) is 11.9 Å². The fraction of sp³-hybridized carbons (Fsp3) is 0. The van der Waals surface area contributed by atoms with Gasteiger partial charge < -0.3 is 5.32 Å². The number of nitrogens with one attached hydrogen (secondary N) is 1. The van der Waals surface area contributed by atoms with Crippen LogP contribution >= 0.6 is 22.6 Å². The van der Waals surface area contributed by atoms with Crippen molar-refractivity contribution >= 4 is 34.1 Å². The lowest BCUT2D eigenvalue weighted by Crippen LogP contribution is -1.98. The minimum atomic E-state index is -0.378. The highest BCUT2D eigenvalue weighted by Gasteiger charge is 2.04. The summed E-state index contributed by atoms with van der Waals surface area (Å²) in [7, 11) is 0. The van der Waals surface area contributed by atoms with Gasteiger partial charge in [0.2, 0.25) is 0 Å². The molecule has 0 aromatic carbocycles. The van der Waals surface area contributed by atoms with Crippen LogP contribution in [0.5, 0.6) is 0 Å². The molecule has 0 saturated heterocycles. The summed E-state index contributed by atoms with van der Waals surface area (Å²) >= 11 is 2.15. The molecule has 0 radical (unpaired) electrons. The Bertz CT molecular complexity index is 432. The summed E-state index contributed by atoms with van der Waals surface area (Å²) in [6.07, 6.45) is 4.85. The van der Waals surface area contributed by atoms with E-state index in [2.05, 4.69) is 37.9 Å². The number of pyridine rings is 2. The van der Waals surface area contributed by atoms with Gasteiger partial charge in [0.1, 0.15) is 0 Å². The van der Waals surface area contributed by atoms with Crippen LogP contribution in [-0.4, -0.2) is 9.97 Å². The zero-order valence-electron chi connectivity index (χ0n) is 7.61. The van der Waals surface area contributed by atoms with Crippen LogP contribution in [-0.2, 0) is 0 Å². The molecule has 0 saturated carbocycles. The standard InChI is InChI=1S/C10H7FIN3/c11-7-2-1-4-14-10(7)15-9-6-13-5-3-8(9)12/h1-6H,(H,14,15). The summed E-state index contributed by atoms with van der Waals surface area (Å²) in [5, 5.41) is 2.88. The lowest BCUT2D eigenvalue weighted by molar-refractivity contribution is 0.626. The Balaban J connectivity index is 2.30. The molecule has 0 aliphatic rings. The minimum absolute atomic E-state index is 0.211. The maximum Gasteiger partial charge on any atom is 0.166 e. The average Bonchev–Trinajstić information content (AvgIpc) is 2.24. The Hall–Kier alpha value is -1.24. The van der Waals surface area contributed by atoms with Crippen molar-refractivity contribution in [2.75, 3.05) is 5.32 Å². The van der Waals surface area contributed by atoms with E-state index < -0.39 is 0 Å². The molecule has 0 bridgehead atoms. The van der Waals surface area contributed by atoms with Gasteiger partial charge in [-0.3, -0.25) is 4.98 Å². The second kappa shape index (κ2) is 4.52. The summed E-state index contributed by atoms with van der Waals surface area (Å²) < 4.78 is 14.2. The first-order chi connectivity index (χ1) is 7.27. The number of hydrogen-bond donors (Lipinski definition) is 1. The van der Waals surface area contributed by atoms with Crippen LogP contribution in [0, 0.1) is 9.39 Å². The monoisotopic (exact) mass is 315 g/mol. The third-order valence-electron chi connectivity index (χ3n) is 1.78. The van der Waals surface area contributed by atoms with Crippen LogP contribution in [0.4, 0.5) is 15.9 Å². The fourth-order valence-corrected chi connectivity index (χ4v) is 1.51. The molecule has 0 amide bonds. The number of hydrogen-bond acceptors (Lipinski definition) is 3. The van der Waals surface area contributed by atoms with Crippen LogP contribution < -0.4 is 5.32 Å². The zero-order valence-corrected chi connectivity index (χ0v) is 9.77. The molecular formula is C10H7FIN3. The second-order valence-electron chi connectivity index (χ2n) is 2.81. The van der Waals surface area contributed by atoms with Gasteiger partial charge in [0, 0.05) is 16.0 Å². The van der Waals surface area contributed by atoms with Crippen LogP contribution in [0.2, 0.25) is 0 Å². The molecule has 0 unspecified atom stereocenters. The van der Waals surface area contributed by atoms with Crippen molar-refractivity contribution in [3.63, 3.8) is 0 Å². The van der Waals surface area contributed by atoms with Gasteiger partial charge in [0.15, 0.2) is 11.6 Å². The predicted octanol–water partition coefficient (Wildman–Crippen LogP) is 2.96. The Morgan fingerprint density at radius 3 is 2.87 bits per heavy atom. The van der Waals surface area contributed by atoms with Crippen molar-refractivity contribution in [3.8, 4) is 0 Å². The molecule has 2 aromatic rings. The SMILES string of the molecule is Fc1cccnc1Nc1cnccc1I. The third kappa shape index (κ3) is 2.41. The molecule has 3 nitrogen and oxygen atoms in total. The van der Waals surface area contributed by atoms with Crippen molar-refractivity contribution < 1.29 is 4.39 Å². The van der Waals surface area contributed by atoms with Crippen LogP contribution in [0.1, 0.15) is 0 Å². The van der Waals surface area contributed by atoms with E-state index in [0.29, 0.717) is 0 Å². The first-order valence-corrected chi connectivity index (χ1v) is 5.32. The first-order valence-electron chi connectivity index (χ1n) is 4.24. The van der Waals surface area contributed by atoms with Crippen molar-refractivity contribution in [2.24, 2.45) is 0 Å². The fourth-order valence-electron chi connectivity index (χ4n) is 1.07. The largest absolute Gasteiger partial charge is 0.336 e. The van der Waals surface area contributed by atoms with Gasteiger partial charge >= 0.3 is 0 Å². The molecule has 0 aliphatic carbocycles. The molecule has 2 heterocycles. The first kappa shape index (κ1) is 10.3.